The van der Waals surface area contributed by atoms with E-state index in [0.717, 1.165) is 65.0 Å². The number of likely N-dealkylation sites (tertiary alicyclic amines) is 2. The fourth-order valence-electron chi connectivity index (χ4n) is 4.41. The first-order chi connectivity index (χ1) is 17.9. The Balaban J connectivity index is 0.000000211. The SMILES string of the molecule is CC(C)(C)OC(=O)N1CCC(Cn2ccnn2)CC1.CC(C)(C)OC(=O)N1CCC(Cn2nccn2)CC1. The number of piperidine rings is 2. The zero-order valence-electron chi connectivity index (χ0n) is 23.7. The summed E-state index contributed by atoms with van der Waals surface area (Å²) in [5.74, 6) is 1.09. The number of nitrogens with zero attached hydrogens (tertiary/aromatic N) is 8. The van der Waals surface area contributed by atoms with Gasteiger partial charge in [0.05, 0.1) is 25.1 Å². The number of carbonyl (C=O) groups is 2. The highest BCUT2D eigenvalue weighted by Gasteiger charge is 2.28. The summed E-state index contributed by atoms with van der Waals surface area (Å²) in [6.07, 6.45) is 10.5. The number of rotatable bonds is 4. The van der Waals surface area contributed by atoms with Crippen LogP contribution in [0.5, 0.6) is 0 Å². The van der Waals surface area contributed by atoms with Gasteiger partial charge in [0, 0.05) is 38.9 Å². The lowest BCUT2D eigenvalue weighted by atomic mass is 9.97. The quantitative estimate of drug-likeness (QED) is 0.582. The lowest BCUT2D eigenvalue weighted by molar-refractivity contribution is 0.0166. The van der Waals surface area contributed by atoms with E-state index in [-0.39, 0.29) is 12.2 Å². The molecule has 2 amide bonds. The first-order valence-corrected chi connectivity index (χ1v) is 13.5. The van der Waals surface area contributed by atoms with Gasteiger partial charge in [0.1, 0.15) is 11.2 Å². The van der Waals surface area contributed by atoms with Crippen LogP contribution in [0.3, 0.4) is 0 Å². The number of aromatic nitrogens is 6. The van der Waals surface area contributed by atoms with Crippen LogP contribution in [0.25, 0.3) is 0 Å². The molecule has 2 aromatic rings. The molecule has 38 heavy (non-hydrogen) atoms. The summed E-state index contributed by atoms with van der Waals surface area (Å²) in [5, 5.41) is 16.0. The van der Waals surface area contributed by atoms with E-state index in [1.54, 1.807) is 33.2 Å². The Morgan fingerprint density at radius 1 is 0.737 bits per heavy atom. The van der Waals surface area contributed by atoms with Crippen LogP contribution >= 0.6 is 0 Å². The normalized spacial score (nSPS) is 17.5. The summed E-state index contributed by atoms with van der Waals surface area (Å²) < 4.78 is 12.6. The maximum atomic E-state index is 11.9. The molecule has 0 unspecified atom stereocenters. The van der Waals surface area contributed by atoms with Gasteiger partial charge in [-0.1, -0.05) is 5.21 Å². The monoisotopic (exact) mass is 532 g/mol. The van der Waals surface area contributed by atoms with Crippen LogP contribution in [0.4, 0.5) is 9.59 Å². The number of amides is 2. The van der Waals surface area contributed by atoms with Gasteiger partial charge >= 0.3 is 12.2 Å². The van der Waals surface area contributed by atoms with E-state index < -0.39 is 11.2 Å². The Morgan fingerprint density at radius 2 is 1.18 bits per heavy atom. The standard InChI is InChI=1S/2C13H22N4O2/c1-13(2,3)19-12(18)16-8-4-11(5-9-16)10-17-14-6-7-15-17;1-13(2,3)19-12(18)16-7-4-11(5-8-16)10-17-9-6-14-15-17/h6-7,11H,4-5,8-10H2,1-3H3;6,9,11H,4-5,7-8,10H2,1-3H3. The predicted octanol–water partition coefficient (Wildman–Crippen LogP) is 3.85. The van der Waals surface area contributed by atoms with Gasteiger partial charge in [-0.3, -0.25) is 4.68 Å². The molecule has 12 nitrogen and oxygen atoms in total. The van der Waals surface area contributed by atoms with Crippen molar-refractivity contribution in [2.45, 2.75) is 91.5 Å². The summed E-state index contributed by atoms with van der Waals surface area (Å²) >= 11 is 0. The molecule has 0 atom stereocenters. The number of hydrogen-bond donors (Lipinski definition) is 0. The third-order valence-electron chi connectivity index (χ3n) is 6.34. The van der Waals surface area contributed by atoms with Gasteiger partial charge in [-0.25, -0.2) is 9.59 Å². The van der Waals surface area contributed by atoms with Gasteiger partial charge in [0.2, 0.25) is 0 Å². The molecule has 212 valence electrons. The van der Waals surface area contributed by atoms with E-state index in [1.807, 2.05) is 52.4 Å². The largest absolute Gasteiger partial charge is 0.444 e. The Morgan fingerprint density at radius 3 is 1.58 bits per heavy atom. The van der Waals surface area contributed by atoms with Crippen molar-refractivity contribution < 1.29 is 19.1 Å². The third-order valence-corrected chi connectivity index (χ3v) is 6.34. The van der Waals surface area contributed by atoms with Crippen molar-refractivity contribution in [2.75, 3.05) is 26.2 Å². The maximum Gasteiger partial charge on any atom is 0.410 e. The topological polar surface area (TPSA) is 120 Å². The maximum absolute atomic E-state index is 11.9. The highest BCUT2D eigenvalue weighted by molar-refractivity contribution is 5.68. The minimum Gasteiger partial charge on any atom is -0.444 e. The fourth-order valence-corrected chi connectivity index (χ4v) is 4.41. The van der Waals surface area contributed by atoms with Crippen molar-refractivity contribution in [3.8, 4) is 0 Å². The fraction of sp³-hybridized carbons (Fsp3) is 0.769. The lowest BCUT2D eigenvalue weighted by Gasteiger charge is -2.33. The van der Waals surface area contributed by atoms with Gasteiger partial charge in [-0.15, -0.1) is 5.10 Å². The Bertz CT molecular complexity index is 886. The molecule has 4 rings (SSSR count). The zero-order chi connectivity index (χ0) is 27.8. The molecule has 12 heteroatoms. The minimum absolute atomic E-state index is 0.202. The van der Waals surface area contributed by atoms with E-state index in [1.165, 1.54) is 0 Å². The van der Waals surface area contributed by atoms with Gasteiger partial charge in [0.25, 0.3) is 0 Å². The molecule has 0 aromatic carbocycles. The molecule has 0 radical (unpaired) electrons. The van der Waals surface area contributed by atoms with E-state index in [9.17, 15) is 9.59 Å². The van der Waals surface area contributed by atoms with Crippen molar-refractivity contribution in [3.63, 3.8) is 0 Å². The van der Waals surface area contributed by atoms with Crippen LogP contribution in [-0.4, -0.2) is 89.4 Å². The Kier molecular flexibility index (Phi) is 10.1. The molecule has 0 spiro atoms. The van der Waals surface area contributed by atoms with Crippen molar-refractivity contribution in [1.29, 1.82) is 0 Å². The molecular weight excluding hydrogens is 488 g/mol. The van der Waals surface area contributed by atoms with E-state index >= 15 is 0 Å². The molecule has 0 aliphatic carbocycles. The molecule has 2 aromatic heterocycles. The molecule has 2 aliphatic heterocycles. The van der Waals surface area contributed by atoms with Crippen LogP contribution in [0.2, 0.25) is 0 Å². The summed E-state index contributed by atoms with van der Waals surface area (Å²) in [7, 11) is 0. The first kappa shape index (κ1) is 29.4. The van der Waals surface area contributed by atoms with Crippen molar-refractivity contribution in [3.05, 3.63) is 24.8 Å². The first-order valence-electron chi connectivity index (χ1n) is 13.5. The number of ether oxygens (including phenoxy) is 2. The van der Waals surface area contributed by atoms with E-state index in [2.05, 4.69) is 20.5 Å². The summed E-state index contributed by atoms with van der Waals surface area (Å²) in [6, 6.07) is 0. The molecule has 0 bridgehead atoms. The van der Waals surface area contributed by atoms with Gasteiger partial charge < -0.3 is 19.3 Å². The molecular formula is C26H44N8O4. The van der Waals surface area contributed by atoms with Crippen LogP contribution in [0.1, 0.15) is 67.2 Å². The van der Waals surface area contributed by atoms with Crippen molar-refractivity contribution in [2.24, 2.45) is 11.8 Å². The molecule has 4 heterocycles. The zero-order valence-corrected chi connectivity index (χ0v) is 23.7. The molecule has 2 saturated heterocycles. The summed E-state index contributed by atoms with van der Waals surface area (Å²) in [5.41, 5.74) is -0.846. The summed E-state index contributed by atoms with van der Waals surface area (Å²) in [6.45, 7) is 16.1. The second-order valence-corrected chi connectivity index (χ2v) is 12.0. The van der Waals surface area contributed by atoms with E-state index in [4.69, 9.17) is 9.47 Å². The number of hydrogen-bond acceptors (Lipinski definition) is 8. The van der Waals surface area contributed by atoms with Crippen molar-refractivity contribution in [1.82, 2.24) is 39.8 Å². The predicted molar refractivity (Wildman–Crippen MR) is 141 cm³/mol. The Labute approximate surface area is 225 Å². The van der Waals surface area contributed by atoms with Crippen LogP contribution in [0, 0.1) is 11.8 Å². The van der Waals surface area contributed by atoms with Gasteiger partial charge in [-0.05, 0) is 79.1 Å². The van der Waals surface area contributed by atoms with Crippen LogP contribution < -0.4 is 0 Å². The summed E-state index contributed by atoms with van der Waals surface area (Å²) in [4.78, 5) is 29.1. The van der Waals surface area contributed by atoms with Crippen LogP contribution in [-0.2, 0) is 22.6 Å². The van der Waals surface area contributed by atoms with Crippen molar-refractivity contribution >= 4 is 12.2 Å². The molecule has 2 aliphatic rings. The highest BCUT2D eigenvalue weighted by Crippen LogP contribution is 2.22. The second kappa shape index (κ2) is 13.1. The second-order valence-electron chi connectivity index (χ2n) is 12.0. The van der Waals surface area contributed by atoms with Gasteiger partial charge in [0.15, 0.2) is 0 Å². The molecule has 2 fully saturated rings. The lowest BCUT2D eigenvalue weighted by Crippen LogP contribution is -2.42. The average Bonchev–Trinajstić information content (AvgIpc) is 3.53. The minimum atomic E-state index is -0.424. The molecule has 0 N–H and O–H groups in total. The highest BCUT2D eigenvalue weighted by atomic mass is 16.6. The Hall–Kier alpha value is -3.18. The van der Waals surface area contributed by atoms with Gasteiger partial charge in [-0.2, -0.15) is 15.0 Å². The third kappa shape index (κ3) is 10.3. The smallest absolute Gasteiger partial charge is 0.410 e. The average molecular weight is 533 g/mol. The van der Waals surface area contributed by atoms with E-state index in [0.29, 0.717) is 11.8 Å². The number of carbonyl (C=O) groups excluding carboxylic acids is 2. The molecule has 0 saturated carbocycles. The van der Waals surface area contributed by atoms with Crippen LogP contribution in [0.15, 0.2) is 24.8 Å².